The summed E-state index contributed by atoms with van der Waals surface area (Å²) < 4.78 is 0. The van der Waals surface area contributed by atoms with Crippen LogP contribution in [0.2, 0.25) is 0 Å². The van der Waals surface area contributed by atoms with E-state index in [1.54, 1.807) is 0 Å². The number of thioether (sulfide) groups is 1. The summed E-state index contributed by atoms with van der Waals surface area (Å²) in [6.07, 6.45) is 9.37. The summed E-state index contributed by atoms with van der Waals surface area (Å²) in [5.41, 5.74) is 2.00. The first-order chi connectivity index (χ1) is 8.55. The van der Waals surface area contributed by atoms with Gasteiger partial charge in [-0.15, -0.1) is 0 Å². The highest BCUT2D eigenvalue weighted by molar-refractivity contribution is 8.06. The lowest BCUT2D eigenvalue weighted by Crippen LogP contribution is -2.06. The van der Waals surface area contributed by atoms with Gasteiger partial charge in [0.15, 0.2) is 0 Å². The Morgan fingerprint density at radius 1 is 0.842 bits per heavy atom. The van der Waals surface area contributed by atoms with Gasteiger partial charge in [-0.1, -0.05) is 59.9 Å². The smallest absolute Gasteiger partial charge is 0.00997 e. The maximum absolute atomic E-state index is 4.14. The monoisotopic (exact) mass is 278 g/mol. The molecule has 0 aromatic heterocycles. The third-order valence-electron chi connectivity index (χ3n) is 3.20. The SMILES string of the molecule is C=C1C=C(CCC(C)(C)C)SC(CCC(C)(C)C)=C1. The van der Waals surface area contributed by atoms with E-state index in [9.17, 15) is 0 Å². The molecule has 1 heterocycles. The fourth-order valence-corrected chi connectivity index (χ4v) is 3.09. The van der Waals surface area contributed by atoms with Crippen LogP contribution in [-0.2, 0) is 0 Å². The van der Waals surface area contributed by atoms with Crippen LogP contribution in [0.1, 0.15) is 67.2 Å². The quantitative estimate of drug-likeness (QED) is 0.550. The van der Waals surface area contributed by atoms with Crippen LogP contribution in [0.25, 0.3) is 0 Å². The maximum atomic E-state index is 4.14. The highest BCUT2D eigenvalue weighted by Gasteiger charge is 2.17. The van der Waals surface area contributed by atoms with Gasteiger partial charge in [-0.05, 0) is 64.0 Å². The van der Waals surface area contributed by atoms with Gasteiger partial charge in [-0.3, -0.25) is 0 Å². The van der Waals surface area contributed by atoms with E-state index >= 15 is 0 Å². The molecule has 0 fully saturated rings. The Hall–Kier alpha value is -0.430. The predicted octanol–water partition coefficient (Wildman–Crippen LogP) is 6.71. The lowest BCUT2D eigenvalue weighted by atomic mass is 9.90. The van der Waals surface area contributed by atoms with Crippen molar-refractivity contribution in [1.29, 1.82) is 0 Å². The standard InChI is InChI=1S/C18H30S/c1-14-12-15(8-10-17(2,3)4)19-16(13-14)9-11-18(5,6)7/h12-13H,1,8-11H2,2-7H3. The van der Waals surface area contributed by atoms with Gasteiger partial charge in [-0.25, -0.2) is 0 Å². The molecule has 0 N–H and O–H groups in total. The Labute approximate surface area is 124 Å². The van der Waals surface area contributed by atoms with Crippen molar-refractivity contribution in [3.05, 3.63) is 34.1 Å². The van der Waals surface area contributed by atoms with E-state index in [4.69, 9.17) is 0 Å². The summed E-state index contributed by atoms with van der Waals surface area (Å²) in [7, 11) is 0. The van der Waals surface area contributed by atoms with E-state index in [-0.39, 0.29) is 0 Å². The molecule has 0 saturated heterocycles. The second-order valence-corrected chi connectivity index (χ2v) is 9.27. The number of hydrogen-bond donors (Lipinski definition) is 0. The van der Waals surface area contributed by atoms with Crippen LogP contribution in [0.4, 0.5) is 0 Å². The van der Waals surface area contributed by atoms with Crippen molar-refractivity contribution in [3.63, 3.8) is 0 Å². The Bertz CT molecular complexity index is 347. The minimum Gasteiger partial charge on any atom is -0.0990 e. The maximum Gasteiger partial charge on any atom is -0.00997 e. The molecule has 0 aromatic carbocycles. The van der Waals surface area contributed by atoms with Gasteiger partial charge in [0.1, 0.15) is 0 Å². The Morgan fingerprint density at radius 2 is 1.21 bits per heavy atom. The third kappa shape index (κ3) is 7.67. The first kappa shape index (κ1) is 16.6. The molecule has 1 rings (SSSR count). The zero-order valence-corrected chi connectivity index (χ0v) is 14.4. The van der Waals surface area contributed by atoms with Crippen LogP contribution in [0.3, 0.4) is 0 Å². The first-order valence-electron chi connectivity index (χ1n) is 7.33. The zero-order valence-electron chi connectivity index (χ0n) is 13.6. The van der Waals surface area contributed by atoms with Crippen LogP contribution in [-0.4, -0.2) is 0 Å². The minimum atomic E-state index is 0.412. The second kappa shape index (κ2) is 6.35. The number of rotatable bonds is 4. The molecule has 0 amide bonds. The summed E-state index contributed by atoms with van der Waals surface area (Å²) in [6.45, 7) is 18.0. The summed E-state index contributed by atoms with van der Waals surface area (Å²) in [5.74, 6) is 0. The lowest BCUT2D eigenvalue weighted by molar-refractivity contribution is 0.379. The van der Waals surface area contributed by atoms with Gasteiger partial charge in [0.25, 0.3) is 0 Å². The highest BCUT2D eigenvalue weighted by atomic mass is 32.2. The van der Waals surface area contributed by atoms with Crippen LogP contribution in [0, 0.1) is 10.8 Å². The highest BCUT2D eigenvalue weighted by Crippen LogP contribution is 2.40. The van der Waals surface area contributed by atoms with E-state index in [1.165, 1.54) is 41.1 Å². The summed E-state index contributed by atoms with van der Waals surface area (Å²) >= 11 is 1.98. The fraction of sp³-hybridized carbons (Fsp3) is 0.667. The van der Waals surface area contributed by atoms with Crippen molar-refractivity contribution in [1.82, 2.24) is 0 Å². The Morgan fingerprint density at radius 3 is 1.53 bits per heavy atom. The molecule has 0 bridgehead atoms. The molecule has 19 heavy (non-hydrogen) atoms. The van der Waals surface area contributed by atoms with Crippen molar-refractivity contribution >= 4 is 11.8 Å². The number of allylic oxidation sites excluding steroid dienone is 5. The molecular weight excluding hydrogens is 248 g/mol. The first-order valence-corrected chi connectivity index (χ1v) is 8.15. The van der Waals surface area contributed by atoms with Crippen molar-refractivity contribution in [2.75, 3.05) is 0 Å². The van der Waals surface area contributed by atoms with Gasteiger partial charge in [0.2, 0.25) is 0 Å². The Balaban J connectivity index is 2.54. The van der Waals surface area contributed by atoms with Gasteiger partial charge >= 0.3 is 0 Å². The van der Waals surface area contributed by atoms with Gasteiger partial charge in [0.05, 0.1) is 0 Å². The van der Waals surface area contributed by atoms with Crippen LogP contribution < -0.4 is 0 Å². The van der Waals surface area contributed by atoms with Crippen molar-refractivity contribution in [2.24, 2.45) is 10.8 Å². The van der Waals surface area contributed by atoms with E-state index in [2.05, 4.69) is 60.3 Å². The fourth-order valence-electron chi connectivity index (χ4n) is 1.93. The lowest BCUT2D eigenvalue weighted by Gasteiger charge is -2.23. The molecule has 0 spiro atoms. The van der Waals surface area contributed by atoms with E-state index in [0.29, 0.717) is 10.8 Å². The van der Waals surface area contributed by atoms with Crippen molar-refractivity contribution in [2.45, 2.75) is 67.2 Å². The van der Waals surface area contributed by atoms with Crippen molar-refractivity contribution in [3.8, 4) is 0 Å². The summed E-state index contributed by atoms with van der Waals surface area (Å²) in [4.78, 5) is 2.98. The minimum absolute atomic E-state index is 0.412. The van der Waals surface area contributed by atoms with Crippen molar-refractivity contribution < 1.29 is 0 Å². The topological polar surface area (TPSA) is 0 Å². The molecule has 0 unspecified atom stereocenters. The molecule has 0 nitrogen and oxygen atoms in total. The normalized spacial score (nSPS) is 17.3. The largest absolute Gasteiger partial charge is 0.0990 e. The molecule has 0 saturated carbocycles. The van der Waals surface area contributed by atoms with E-state index in [1.807, 2.05) is 11.8 Å². The molecule has 0 aliphatic carbocycles. The molecule has 0 aromatic rings. The molecule has 1 aliphatic rings. The molecule has 108 valence electrons. The van der Waals surface area contributed by atoms with Gasteiger partial charge in [0, 0.05) is 0 Å². The molecule has 1 aliphatic heterocycles. The average Bonchev–Trinajstić information content (AvgIpc) is 2.21. The second-order valence-electron chi connectivity index (χ2n) is 8.02. The molecule has 1 heteroatoms. The van der Waals surface area contributed by atoms with Crippen LogP contribution in [0.15, 0.2) is 34.1 Å². The van der Waals surface area contributed by atoms with Crippen LogP contribution in [0.5, 0.6) is 0 Å². The van der Waals surface area contributed by atoms with Gasteiger partial charge in [-0.2, -0.15) is 0 Å². The summed E-state index contributed by atoms with van der Waals surface area (Å²) in [5, 5.41) is 0. The zero-order chi connectivity index (χ0) is 14.7. The molecule has 0 radical (unpaired) electrons. The summed E-state index contributed by atoms with van der Waals surface area (Å²) in [6, 6.07) is 0. The third-order valence-corrected chi connectivity index (χ3v) is 4.37. The number of hydrogen-bond acceptors (Lipinski definition) is 1. The molecular formula is C18H30S. The van der Waals surface area contributed by atoms with E-state index in [0.717, 1.165) is 0 Å². The predicted molar refractivity (Wildman–Crippen MR) is 90.3 cm³/mol. The van der Waals surface area contributed by atoms with Crippen LogP contribution >= 0.6 is 11.8 Å². The Kier molecular flexibility index (Phi) is 5.55. The molecule has 0 atom stereocenters. The van der Waals surface area contributed by atoms with Gasteiger partial charge < -0.3 is 0 Å². The average molecular weight is 279 g/mol. The van der Waals surface area contributed by atoms with E-state index < -0.39 is 0 Å².